The van der Waals surface area contributed by atoms with Crippen molar-refractivity contribution in [3.63, 3.8) is 0 Å². The van der Waals surface area contributed by atoms with Crippen LogP contribution in [0.5, 0.6) is 0 Å². The standard InChI is InChI=1S/C17H23FN4O3/c1-19-17(22-9-7-12(8-10-22)16(24)25-2)20-11-15(23)21-14-5-3-13(18)4-6-14/h3-6,12H,7-11H2,1-2H3,(H,19,20)(H,21,23). The SMILES string of the molecule is CN=C(NCC(=O)Nc1ccc(F)cc1)N1CCC(C(=O)OC)CC1. The van der Waals surface area contributed by atoms with Crippen molar-refractivity contribution in [1.29, 1.82) is 0 Å². The predicted molar refractivity (Wildman–Crippen MR) is 92.7 cm³/mol. The Kier molecular flexibility index (Phi) is 6.73. The summed E-state index contributed by atoms with van der Waals surface area (Å²) in [5.74, 6) is -0.260. The van der Waals surface area contributed by atoms with E-state index < -0.39 is 0 Å². The Labute approximate surface area is 146 Å². The topological polar surface area (TPSA) is 83.0 Å². The summed E-state index contributed by atoms with van der Waals surface area (Å²) in [6, 6.07) is 5.57. The fourth-order valence-electron chi connectivity index (χ4n) is 2.72. The average Bonchev–Trinajstić information content (AvgIpc) is 2.64. The number of nitrogens with zero attached hydrogens (tertiary/aromatic N) is 2. The third-order valence-electron chi connectivity index (χ3n) is 4.08. The first-order valence-electron chi connectivity index (χ1n) is 8.12. The number of guanidine groups is 1. The molecule has 1 aromatic carbocycles. The van der Waals surface area contributed by atoms with Crippen LogP contribution in [-0.2, 0) is 14.3 Å². The van der Waals surface area contributed by atoms with Gasteiger partial charge in [0.1, 0.15) is 5.82 Å². The lowest BCUT2D eigenvalue weighted by Crippen LogP contribution is -2.48. The van der Waals surface area contributed by atoms with Gasteiger partial charge in [0.2, 0.25) is 5.91 Å². The van der Waals surface area contributed by atoms with E-state index in [2.05, 4.69) is 15.6 Å². The van der Waals surface area contributed by atoms with Gasteiger partial charge in [-0.25, -0.2) is 4.39 Å². The number of ether oxygens (including phenoxy) is 1. The number of hydrogen-bond acceptors (Lipinski definition) is 4. The van der Waals surface area contributed by atoms with Gasteiger partial charge in [0, 0.05) is 25.8 Å². The van der Waals surface area contributed by atoms with Crippen molar-refractivity contribution in [2.45, 2.75) is 12.8 Å². The third-order valence-corrected chi connectivity index (χ3v) is 4.08. The highest BCUT2D eigenvalue weighted by molar-refractivity contribution is 5.95. The monoisotopic (exact) mass is 350 g/mol. The fraction of sp³-hybridized carbons (Fsp3) is 0.471. The normalized spacial score (nSPS) is 15.6. The number of aliphatic imine (C=N–C) groups is 1. The van der Waals surface area contributed by atoms with Crippen LogP contribution in [0.4, 0.5) is 10.1 Å². The summed E-state index contributed by atoms with van der Waals surface area (Å²) < 4.78 is 17.6. The molecule has 0 radical (unpaired) electrons. The largest absolute Gasteiger partial charge is 0.469 e. The minimum atomic E-state index is -0.355. The molecule has 0 unspecified atom stereocenters. The lowest BCUT2D eigenvalue weighted by atomic mass is 9.97. The summed E-state index contributed by atoms with van der Waals surface area (Å²) in [5, 5.41) is 5.68. The van der Waals surface area contributed by atoms with Gasteiger partial charge in [-0.1, -0.05) is 0 Å². The van der Waals surface area contributed by atoms with Gasteiger partial charge in [-0.2, -0.15) is 0 Å². The molecule has 1 aromatic rings. The molecule has 7 nitrogen and oxygen atoms in total. The Hall–Kier alpha value is -2.64. The number of nitrogens with one attached hydrogen (secondary N) is 2. The molecule has 0 aliphatic carbocycles. The van der Waals surface area contributed by atoms with Crippen LogP contribution >= 0.6 is 0 Å². The number of carbonyl (C=O) groups excluding carboxylic acids is 2. The molecule has 0 spiro atoms. The molecule has 1 saturated heterocycles. The Balaban J connectivity index is 1.79. The van der Waals surface area contributed by atoms with E-state index in [9.17, 15) is 14.0 Å². The number of likely N-dealkylation sites (tertiary alicyclic amines) is 1. The van der Waals surface area contributed by atoms with Crippen molar-refractivity contribution in [2.75, 3.05) is 39.1 Å². The number of halogens is 1. The molecular weight excluding hydrogens is 327 g/mol. The van der Waals surface area contributed by atoms with Crippen molar-refractivity contribution in [1.82, 2.24) is 10.2 Å². The van der Waals surface area contributed by atoms with Crippen LogP contribution in [0, 0.1) is 11.7 Å². The van der Waals surface area contributed by atoms with Crippen molar-refractivity contribution < 1.29 is 18.7 Å². The van der Waals surface area contributed by atoms with Crippen LogP contribution in [-0.4, -0.2) is 56.5 Å². The second kappa shape index (κ2) is 9.00. The van der Waals surface area contributed by atoms with Gasteiger partial charge in [0.15, 0.2) is 5.96 Å². The zero-order valence-corrected chi connectivity index (χ0v) is 14.4. The number of carbonyl (C=O) groups is 2. The maximum absolute atomic E-state index is 12.9. The molecule has 136 valence electrons. The summed E-state index contributed by atoms with van der Waals surface area (Å²) in [4.78, 5) is 29.7. The summed E-state index contributed by atoms with van der Waals surface area (Å²) in [5.41, 5.74) is 0.530. The molecular formula is C17H23FN4O3. The van der Waals surface area contributed by atoms with Crippen molar-refractivity contribution in [2.24, 2.45) is 10.9 Å². The Bertz CT molecular complexity index is 625. The van der Waals surface area contributed by atoms with Gasteiger partial charge in [-0.3, -0.25) is 14.6 Å². The number of benzene rings is 1. The number of methoxy groups -OCH3 is 1. The summed E-state index contributed by atoms with van der Waals surface area (Å²) in [7, 11) is 3.04. The molecule has 25 heavy (non-hydrogen) atoms. The van der Waals surface area contributed by atoms with Crippen LogP contribution in [0.3, 0.4) is 0 Å². The molecule has 8 heteroatoms. The molecule has 1 aliphatic heterocycles. The van der Waals surface area contributed by atoms with Gasteiger partial charge in [-0.15, -0.1) is 0 Å². The van der Waals surface area contributed by atoms with E-state index in [1.807, 2.05) is 4.90 Å². The molecule has 2 N–H and O–H groups in total. The molecule has 2 rings (SSSR count). The van der Waals surface area contributed by atoms with Crippen LogP contribution < -0.4 is 10.6 Å². The number of esters is 1. The molecule has 1 fully saturated rings. The van der Waals surface area contributed by atoms with Gasteiger partial charge in [-0.05, 0) is 37.1 Å². The molecule has 0 saturated carbocycles. The van der Waals surface area contributed by atoms with Crippen LogP contribution in [0.25, 0.3) is 0 Å². The Morgan fingerprint density at radius 2 is 1.92 bits per heavy atom. The number of hydrogen-bond donors (Lipinski definition) is 2. The first-order valence-corrected chi connectivity index (χ1v) is 8.12. The Morgan fingerprint density at radius 1 is 1.28 bits per heavy atom. The predicted octanol–water partition coefficient (Wildman–Crippen LogP) is 1.22. The maximum Gasteiger partial charge on any atom is 0.308 e. The van der Waals surface area contributed by atoms with E-state index >= 15 is 0 Å². The van der Waals surface area contributed by atoms with E-state index in [1.165, 1.54) is 31.4 Å². The number of piperidine rings is 1. The van der Waals surface area contributed by atoms with Crippen molar-refractivity contribution in [3.05, 3.63) is 30.1 Å². The molecule has 1 amide bonds. The van der Waals surface area contributed by atoms with E-state index in [4.69, 9.17) is 4.74 Å². The zero-order chi connectivity index (χ0) is 18.2. The highest BCUT2D eigenvalue weighted by atomic mass is 19.1. The van der Waals surface area contributed by atoms with Gasteiger partial charge >= 0.3 is 5.97 Å². The van der Waals surface area contributed by atoms with Crippen molar-refractivity contribution in [3.8, 4) is 0 Å². The fourth-order valence-corrected chi connectivity index (χ4v) is 2.72. The minimum Gasteiger partial charge on any atom is -0.469 e. The van der Waals surface area contributed by atoms with Crippen LogP contribution in [0.1, 0.15) is 12.8 Å². The third kappa shape index (κ3) is 5.44. The molecule has 1 heterocycles. The number of anilines is 1. The minimum absolute atomic E-state index is 0.0426. The number of rotatable bonds is 4. The molecule has 0 atom stereocenters. The van der Waals surface area contributed by atoms with E-state index in [1.54, 1.807) is 7.05 Å². The second-order valence-electron chi connectivity index (χ2n) is 5.74. The summed E-state index contributed by atoms with van der Waals surface area (Å²) in [6.07, 6.45) is 1.38. The molecule has 0 aromatic heterocycles. The Morgan fingerprint density at radius 3 is 2.48 bits per heavy atom. The van der Waals surface area contributed by atoms with Crippen LogP contribution in [0.15, 0.2) is 29.3 Å². The lowest BCUT2D eigenvalue weighted by Gasteiger charge is -2.33. The lowest BCUT2D eigenvalue weighted by molar-refractivity contribution is -0.146. The van der Waals surface area contributed by atoms with Crippen molar-refractivity contribution >= 4 is 23.5 Å². The maximum atomic E-state index is 12.9. The smallest absolute Gasteiger partial charge is 0.308 e. The summed E-state index contributed by atoms with van der Waals surface area (Å²) >= 11 is 0. The first kappa shape index (κ1) is 18.7. The molecule has 0 bridgehead atoms. The van der Waals surface area contributed by atoms with E-state index in [0.717, 1.165) is 0 Å². The van der Waals surface area contributed by atoms with Gasteiger partial charge in [0.05, 0.1) is 19.6 Å². The highest BCUT2D eigenvalue weighted by Crippen LogP contribution is 2.18. The summed E-state index contributed by atoms with van der Waals surface area (Å²) in [6.45, 7) is 1.37. The van der Waals surface area contributed by atoms with Gasteiger partial charge in [0.25, 0.3) is 0 Å². The van der Waals surface area contributed by atoms with Gasteiger partial charge < -0.3 is 20.3 Å². The quantitative estimate of drug-likeness (QED) is 0.485. The second-order valence-corrected chi connectivity index (χ2v) is 5.74. The van der Waals surface area contributed by atoms with Crippen LogP contribution in [0.2, 0.25) is 0 Å². The van der Waals surface area contributed by atoms with E-state index in [-0.39, 0.29) is 30.2 Å². The molecule has 1 aliphatic rings. The highest BCUT2D eigenvalue weighted by Gasteiger charge is 2.27. The van der Waals surface area contributed by atoms with E-state index in [0.29, 0.717) is 37.6 Å². The zero-order valence-electron chi connectivity index (χ0n) is 14.4. The average molecular weight is 350 g/mol. The number of amides is 1. The first-order chi connectivity index (χ1) is 12.0.